The van der Waals surface area contributed by atoms with E-state index >= 15 is 0 Å². The number of anilines is 2. The summed E-state index contributed by atoms with van der Waals surface area (Å²) >= 11 is 6.78. The van der Waals surface area contributed by atoms with Gasteiger partial charge in [-0.3, -0.25) is 9.97 Å². The number of nitrogens with one attached hydrogen (secondary N) is 2. The maximum atomic E-state index is 9.99. The van der Waals surface area contributed by atoms with E-state index in [1.165, 1.54) is 0 Å². The summed E-state index contributed by atoms with van der Waals surface area (Å²) in [5, 5.41) is 27.0. The van der Waals surface area contributed by atoms with E-state index in [0.717, 1.165) is 22.5 Å². The molecule has 0 aliphatic rings. The minimum absolute atomic E-state index is 0.166. The molecule has 0 bridgehead atoms. The first-order valence-corrected chi connectivity index (χ1v) is 13.3. The summed E-state index contributed by atoms with van der Waals surface area (Å²) in [5.74, 6) is 0. The third-order valence-corrected chi connectivity index (χ3v) is 6.87. The molecule has 0 radical (unpaired) electrons. The number of hydrogen-bond acceptors (Lipinski definition) is 8. The van der Waals surface area contributed by atoms with Crippen LogP contribution in [0.1, 0.15) is 54.4 Å². The van der Waals surface area contributed by atoms with E-state index in [4.69, 9.17) is 16.3 Å². The lowest BCUT2D eigenvalue weighted by Gasteiger charge is -2.23. The number of methoxy groups -OCH3 is 1. The van der Waals surface area contributed by atoms with Crippen LogP contribution in [0.25, 0.3) is 10.9 Å². The standard InChI is InChI=1S/C30H29ClN8O/c1-19(2)39-17-26(37-38-39)29(21-10-7-11-33-15-21)35-23-12-24-28(22(14-32)16-34-30(24)25(31)13-23)36-27(18-40-3)20-8-5-4-6-9-20/h4-13,15-17,19,27,29,35H,18H2,1-3H3,(H,34,36)/t27-,29-/m0/s1. The molecule has 0 spiro atoms. The summed E-state index contributed by atoms with van der Waals surface area (Å²) in [6, 6.07) is 19.5. The summed E-state index contributed by atoms with van der Waals surface area (Å²) in [6.45, 7) is 4.50. The SMILES string of the molecule is COC[C@H](Nc1c(C#N)cnc2c(Cl)cc(N[C@@H](c3cccnc3)c3cn(C(C)C)nn3)cc12)c1ccccc1. The molecule has 10 heteroatoms. The highest BCUT2D eigenvalue weighted by atomic mass is 35.5. The Labute approximate surface area is 237 Å². The number of rotatable bonds is 10. The fourth-order valence-corrected chi connectivity index (χ4v) is 4.82. The number of halogens is 1. The number of pyridine rings is 2. The van der Waals surface area contributed by atoms with E-state index in [1.807, 2.05) is 65.5 Å². The number of ether oxygens (including phenoxy) is 1. The molecule has 3 aromatic heterocycles. The molecule has 0 amide bonds. The minimum atomic E-state index is -0.344. The molecule has 9 nitrogen and oxygen atoms in total. The third kappa shape index (κ3) is 5.73. The second-order valence-electron chi connectivity index (χ2n) is 9.66. The molecule has 3 heterocycles. The van der Waals surface area contributed by atoms with E-state index in [1.54, 1.807) is 25.7 Å². The fourth-order valence-electron chi connectivity index (χ4n) is 4.55. The van der Waals surface area contributed by atoms with Gasteiger partial charge in [0, 0.05) is 42.8 Å². The number of hydrogen-bond donors (Lipinski definition) is 2. The smallest absolute Gasteiger partial charge is 0.110 e. The Morgan fingerprint density at radius 3 is 2.52 bits per heavy atom. The van der Waals surface area contributed by atoms with E-state index < -0.39 is 0 Å². The van der Waals surface area contributed by atoms with Gasteiger partial charge in [-0.15, -0.1) is 5.10 Å². The van der Waals surface area contributed by atoms with Gasteiger partial charge in [0.25, 0.3) is 0 Å². The Morgan fingerprint density at radius 1 is 1.05 bits per heavy atom. The Kier molecular flexibility index (Phi) is 8.20. The molecule has 2 N–H and O–H groups in total. The minimum Gasteiger partial charge on any atom is -0.382 e. The summed E-state index contributed by atoms with van der Waals surface area (Å²) in [4.78, 5) is 8.82. The van der Waals surface area contributed by atoms with Gasteiger partial charge in [0.05, 0.1) is 46.7 Å². The topological polar surface area (TPSA) is 114 Å². The van der Waals surface area contributed by atoms with Crippen LogP contribution in [0.4, 0.5) is 11.4 Å². The van der Waals surface area contributed by atoms with Crippen molar-refractivity contribution in [1.29, 1.82) is 5.26 Å². The molecule has 0 aliphatic heterocycles. The van der Waals surface area contributed by atoms with Crippen LogP contribution in [0.5, 0.6) is 0 Å². The second-order valence-corrected chi connectivity index (χ2v) is 10.1. The molecule has 0 fully saturated rings. The first-order chi connectivity index (χ1) is 19.5. The van der Waals surface area contributed by atoms with E-state index in [2.05, 4.69) is 50.8 Å². The lowest BCUT2D eigenvalue weighted by atomic mass is 10.0. The number of aromatic nitrogens is 5. The number of benzene rings is 2. The fraction of sp³-hybridized carbons (Fsp3) is 0.233. The van der Waals surface area contributed by atoms with Gasteiger partial charge in [-0.2, -0.15) is 5.26 Å². The van der Waals surface area contributed by atoms with Crippen molar-refractivity contribution < 1.29 is 4.74 Å². The summed E-state index contributed by atoms with van der Waals surface area (Å²) in [6.07, 6.45) is 7.00. The molecule has 40 heavy (non-hydrogen) atoms. The Hall–Kier alpha value is -4.52. The van der Waals surface area contributed by atoms with Gasteiger partial charge in [-0.25, -0.2) is 4.68 Å². The lowest BCUT2D eigenvalue weighted by molar-refractivity contribution is 0.186. The van der Waals surface area contributed by atoms with Crippen LogP contribution >= 0.6 is 11.6 Å². The zero-order valence-electron chi connectivity index (χ0n) is 22.4. The molecule has 0 unspecified atom stereocenters. The van der Waals surface area contributed by atoms with E-state index in [9.17, 15) is 5.26 Å². The molecule has 0 saturated heterocycles. The highest BCUT2D eigenvalue weighted by Gasteiger charge is 2.22. The van der Waals surface area contributed by atoms with Crippen LogP contribution in [0.2, 0.25) is 5.02 Å². The zero-order valence-corrected chi connectivity index (χ0v) is 23.2. The Bertz CT molecular complexity index is 1630. The first kappa shape index (κ1) is 27.1. The highest BCUT2D eigenvalue weighted by molar-refractivity contribution is 6.35. The summed E-state index contributed by atoms with van der Waals surface area (Å²) in [7, 11) is 1.65. The molecule has 5 rings (SSSR count). The van der Waals surface area contributed by atoms with Crippen LogP contribution < -0.4 is 10.6 Å². The van der Waals surface area contributed by atoms with E-state index in [-0.39, 0.29) is 18.1 Å². The van der Waals surface area contributed by atoms with Crippen molar-refractivity contribution in [1.82, 2.24) is 25.0 Å². The number of nitriles is 1. The van der Waals surface area contributed by atoms with Crippen molar-refractivity contribution in [2.75, 3.05) is 24.4 Å². The Morgan fingerprint density at radius 2 is 1.85 bits per heavy atom. The monoisotopic (exact) mass is 552 g/mol. The van der Waals surface area contributed by atoms with Gasteiger partial charge >= 0.3 is 0 Å². The average Bonchev–Trinajstić information content (AvgIpc) is 3.47. The highest BCUT2D eigenvalue weighted by Crippen LogP contribution is 2.37. The predicted molar refractivity (Wildman–Crippen MR) is 156 cm³/mol. The van der Waals surface area contributed by atoms with Crippen LogP contribution in [-0.4, -0.2) is 38.7 Å². The molecule has 0 aliphatic carbocycles. The van der Waals surface area contributed by atoms with Gasteiger partial charge in [-0.1, -0.05) is 53.2 Å². The predicted octanol–water partition coefficient (Wildman–Crippen LogP) is 6.33. The zero-order chi connectivity index (χ0) is 28.1. The number of fused-ring (bicyclic) bond motifs is 1. The molecule has 2 aromatic carbocycles. The molecule has 2 atom stereocenters. The molecular weight excluding hydrogens is 524 g/mol. The van der Waals surface area contributed by atoms with Gasteiger partial charge < -0.3 is 15.4 Å². The van der Waals surface area contributed by atoms with Crippen molar-refractivity contribution in [3.8, 4) is 6.07 Å². The number of nitrogens with zero attached hydrogens (tertiary/aromatic N) is 6. The van der Waals surface area contributed by atoms with Gasteiger partial charge in [0.1, 0.15) is 11.8 Å². The largest absolute Gasteiger partial charge is 0.382 e. The maximum Gasteiger partial charge on any atom is 0.110 e. The molecular formula is C30H29ClN8O. The molecule has 202 valence electrons. The van der Waals surface area contributed by atoms with Crippen molar-refractivity contribution >= 4 is 33.9 Å². The summed E-state index contributed by atoms with van der Waals surface area (Å²) < 4.78 is 7.33. The van der Waals surface area contributed by atoms with Gasteiger partial charge in [-0.05, 0) is 43.2 Å². The van der Waals surface area contributed by atoms with Crippen molar-refractivity contribution in [2.24, 2.45) is 0 Å². The molecule has 0 saturated carbocycles. The Balaban J connectivity index is 1.60. The maximum absolute atomic E-state index is 9.99. The van der Waals surface area contributed by atoms with Crippen LogP contribution in [-0.2, 0) is 4.74 Å². The van der Waals surface area contributed by atoms with Gasteiger partial charge in [0.2, 0.25) is 0 Å². The van der Waals surface area contributed by atoms with Crippen molar-refractivity contribution in [3.63, 3.8) is 0 Å². The van der Waals surface area contributed by atoms with Gasteiger partial charge in [0.15, 0.2) is 0 Å². The second kappa shape index (κ2) is 12.1. The van der Waals surface area contributed by atoms with Crippen LogP contribution in [0.15, 0.2) is 79.4 Å². The third-order valence-electron chi connectivity index (χ3n) is 6.58. The first-order valence-electron chi connectivity index (χ1n) is 12.9. The van der Waals surface area contributed by atoms with E-state index in [0.29, 0.717) is 33.8 Å². The van der Waals surface area contributed by atoms with Crippen LogP contribution in [0, 0.1) is 11.3 Å². The summed E-state index contributed by atoms with van der Waals surface area (Å²) in [5.41, 5.74) is 5.04. The normalized spacial score (nSPS) is 12.7. The lowest BCUT2D eigenvalue weighted by Crippen LogP contribution is -2.17. The quantitative estimate of drug-likeness (QED) is 0.207. The average molecular weight is 553 g/mol. The van der Waals surface area contributed by atoms with Crippen molar-refractivity contribution in [2.45, 2.75) is 32.0 Å². The van der Waals surface area contributed by atoms with Crippen molar-refractivity contribution in [3.05, 3.63) is 107 Å². The molecule has 5 aromatic rings. The van der Waals surface area contributed by atoms with Crippen LogP contribution in [0.3, 0.4) is 0 Å².